The zero-order chi connectivity index (χ0) is 24.9. The second-order valence-corrected chi connectivity index (χ2v) is 9.36. The van der Waals surface area contributed by atoms with Gasteiger partial charge in [0.1, 0.15) is 30.9 Å². The number of ether oxygens (including phenoxy) is 1. The molecule has 2 radical (unpaired) electrons. The third kappa shape index (κ3) is 5.38. The minimum absolute atomic E-state index is 0.117. The highest BCUT2D eigenvalue weighted by Gasteiger charge is 2.26. The minimum Gasteiger partial charge on any atom is -0.507 e. The predicted octanol–water partition coefficient (Wildman–Crippen LogP) is 4.15. The van der Waals surface area contributed by atoms with Crippen molar-refractivity contribution in [2.45, 2.75) is 32.1 Å². The number of hydrogen-bond acceptors (Lipinski definition) is 6. The van der Waals surface area contributed by atoms with E-state index in [9.17, 15) is 9.90 Å². The molecule has 1 saturated carbocycles. The van der Waals surface area contributed by atoms with Crippen molar-refractivity contribution in [3.63, 3.8) is 0 Å². The number of hydrogen-bond donors (Lipinski definition) is 2. The Labute approximate surface area is 211 Å². The molecule has 4 aromatic rings. The van der Waals surface area contributed by atoms with Gasteiger partial charge >= 0.3 is 0 Å². The number of nitrogens with one attached hydrogen (secondary N) is 1. The molecule has 0 saturated heterocycles. The van der Waals surface area contributed by atoms with Crippen molar-refractivity contribution in [1.82, 2.24) is 14.6 Å². The van der Waals surface area contributed by atoms with Crippen LogP contribution in [-0.2, 0) is 4.79 Å². The summed E-state index contributed by atoms with van der Waals surface area (Å²) in [5, 5.41) is 18.2. The van der Waals surface area contributed by atoms with E-state index in [2.05, 4.69) is 15.4 Å². The van der Waals surface area contributed by atoms with Crippen LogP contribution in [0, 0.1) is 11.8 Å². The number of phenolic OH excluding ortho intramolecular Hbond substituents is 1. The maximum absolute atomic E-state index is 12.7. The topological polar surface area (TPSA) is 88.8 Å². The van der Waals surface area contributed by atoms with Gasteiger partial charge in [0.15, 0.2) is 5.65 Å². The van der Waals surface area contributed by atoms with Gasteiger partial charge in [-0.25, -0.2) is 4.98 Å². The molecule has 36 heavy (non-hydrogen) atoms. The molecule has 0 aliphatic heterocycles. The van der Waals surface area contributed by atoms with Gasteiger partial charge in [-0.3, -0.25) is 4.79 Å². The van der Waals surface area contributed by atoms with E-state index in [1.165, 1.54) is 0 Å². The number of aromatic nitrogens is 3. The maximum atomic E-state index is 12.7. The number of para-hydroxylation sites is 2. The zero-order valence-electron chi connectivity index (χ0n) is 20.1. The second-order valence-electron chi connectivity index (χ2n) is 9.36. The largest absolute Gasteiger partial charge is 0.507 e. The lowest BCUT2D eigenvalue weighted by Gasteiger charge is -2.28. The average Bonchev–Trinajstić information content (AvgIpc) is 3.29. The Hall–Kier alpha value is -3.81. The second kappa shape index (κ2) is 10.9. The third-order valence-electron chi connectivity index (χ3n) is 6.91. The van der Waals surface area contributed by atoms with Crippen molar-refractivity contribution in [3.8, 4) is 22.8 Å². The number of carbonyl (C=O) groups excluding carboxylic acids is 1. The number of phenols is 1. The Morgan fingerprint density at radius 2 is 1.83 bits per heavy atom. The highest BCUT2D eigenvalue weighted by molar-refractivity contribution is 6.36. The van der Waals surface area contributed by atoms with Crippen LogP contribution in [0.3, 0.4) is 0 Å². The lowest BCUT2D eigenvalue weighted by atomic mass is 9.79. The molecule has 1 aliphatic carbocycles. The lowest BCUT2D eigenvalue weighted by molar-refractivity contribution is -0.124. The first-order valence-corrected chi connectivity index (χ1v) is 12.5. The summed E-state index contributed by atoms with van der Waals surface area (Å²) in [5.41, 5.74) is 2.29. The van der Waals surface area contributed by atoms with Crippen LogP contribution < -0.4 is 15.5 Å². The standard InChI is InChI=1S/C28H29BN4O3/c29-23-18-31-33-27(16-24(32-28(23)33)22-8-4-5-9-26(22)35)30-17-19-10-12-20(13-11-19)25(34)14-15-36-21-6-2-1-3-7-21/h1-9,16,18-20,30,35H,10-15,17H2. The van der Waals surface area contributed by atoms with E-state index in [0.717, 1.165) is 43.8 Å². The van der Waals surface area contributed by atoms with Crippen molar-refractivity contribution in [3.05, 3.63) is 66.9 Å². The zero-order valence-corrected chi connectivity index (χ0v) is 20.1. The summed E-state index contributed by atoms with van der Waals surface area (Å²) in [5.74, 6) is 2.61. The van der Waals surface area contributed by atoms with Gasteiger partial charge in [-0.05, 0) is 61.3 Å². The number of ketones is 1. The van der Waals surface area contributed by atoms with Gasteiger partial charge in [0, 0.05) is 36.7 Å². The molecule has 5 rings (SSSR count). The number of benzene rings is 2. The predicted molar refractivity (Wildman–Crippen MR) is 141 cm³/mol. The molecule has 0 bridgehead atoms. The Kier molecular flexibility index (Phi) is 7.21. The van der Waals surface area contributed by atoms with Crippen LogP contribution in [0.2, 0.25) is 0 Å². The SMILES string of the molecule is [B]c1cnn2c(NCC3CCC(C(=O)CCOc4ccccc4)CC3)cc(-c3ccccc3O)nc12. The van der Waals surface area contributed by atoms with Crippen LogP contribution in [0.25, 0.3) is 16.9 Å². The number of Topliss-reactive ketones (excluding diaryl/α,β-unsaturated/α-hetero) is 1. The molecular weight excluding hydrogens is 451 g/mol. The minimum atomic E-state index is 0.117. The van der Waals surface area contributed by atoms with Crippen LogP contribution in [0.5, 0.6) is 11.5 Å². The molecule has 1 aliphatic rings. The number of aromatic hydroxyl groups is 1. The van der Waals surface area contributed by atoms with Crippen molar-refractivity contribution < 1.29 is 14.6 Å². The van der Waals surface area contributed by atoms with Crippen LogP contribution in [0.15, 0.2) is 66.9 Å². The van der Waals surface area contributed by atoms with E-state index >= 15 is 0 Å². The average molecular weight is 480 g/mol. The Balaban J connectivity index is 1.17. The fraction of sp³-hybridized carbons (Fsp3) is 0.321. The molecule has 2 N–H and O–H groups in total. The Bertz CT molecular complexity index is 1330. The number of anilines is 1. The quantitative estimate of drug-likeness (QED) is 0.350. The summed E-state index contributed by atoms with van der Waals surface area (Å²) in [6.07, 6.45) is 5.82. The van der Waals surface area contributed by atoms with Crippen molar-refractivity contribution >= 4 is 30.6 Å². The normalized spacial score (nSPS) is 17.7. The van der Waals surface area contributed by atoms with E-state index in [1.807, 2.05) is 48.5 Å². The highest BCUT2D eigenvalue weighted by atomic mass is 16.5. The van der Waals surface area contributed by atoms with Crippen LogP contribution in [0.4, 0.5) is 5.82 Å². The van der Waals surface area contributed by atoms with Crippen LogP contribution in [0.1, 0.15) is 32.1 Å². The fourth-order valence-electron chi connectivity index (χ4n) is 4.86. The van der Waals surface area contributed by atoms with E-state index in [0.29, 0.717) is 47.1 Å². The molecule has 7 nitrogen and oxygen atoms in total. The van der Waals surface area contributed by atoms with Gasteiger partial charge in [0.25, 0.3) is 0 Å². The number of fused-ring (bicyclic) bond motifs is 1. The number of carbonyl (C=O) groups is 1. The lowest BCUT2D eigenvalue weighted by Crippen LogP contribution is -2.26. The fourth-order valence-corrected chi connectivity index (χ4v) is 4.86. The number of rotatable bonds is 9. The van der Waals surface area contributed by atoms with E-state index in [4.69, 9.17) is 12.6 Å². The Morgan fingerprint density at radius 1 is 1.08 bits per heavy atom. The van der Waals surface area contributed by atoms with E-state index in [1.54, 1.807) is 22.8 Å². The molecule has 8 heteroatoms. The maximum Gasteiger partial charge on any atom is 0.150 e. The van der Waals surface area contributed by atoms with Crippen molar-refractivity contribution in [2.75, 3.05) is 18.5 Å². The number of nitrogens with zero attached hydrogens (tertiary/aromatic N) is 3. The molecule has 2 aromatic heterocycles. The first-order valence-electron chi connectivity index (χ1n) is 12.5. The molecule has 1 fully saturated rings. The monoisotopic (exact) mass is 480 g/mol. The van der Waals surface area contributed by atoms with E-state index in [-0.39, 0.29) is 11.7 Å². The summed E-state index contributed by atoms with van der Waals surface area (Å²) in [6, 6.07) is 18.6. The van der Waals surface area contributed by atoms with Crippen molar-refractivity contribution in [2.24, 2.45) is 11.8 Å². The van der Waals surface area contributed by atoms with Gasteiger partial charge in [-0.1, -0.05) is 30.3 Å². The summed E-state index contributed by atoms with van der Waals surface area (Å²) in [6.45, 7) is 1.19. The first-order chi connectivity index (χ1) is 17.6. The van der Waals surface area contributed by atoms with Gasteiger partial charge in [-0.15, -0.1) is 0 Å². The van der Waals surface area contributed by atoms with Gasteiger partial charge < -0.3 is 15.2 Å². The summed E-state index contributed by atoms with van der Waals surface area (Å²) in [4.78, 5) is 17.3. The van der Waals surface area contributed by atoms with Crippen molar-refractivity contribution in [1.29, 1.82) is 0 Å². The molecular formula is C28H29BN4O3. The summed E-state index contributed by atoms with van der Waals surface area (Å²) >= 11 is 0. The summed E-state index contributed by atoms with van der Waals surface area (Å²) < 4.78 is 7.39. The smallest absolute Gasteiger partial charge is 0.150 e. The molecule has 2 heterocycles. The molecule has 0 amide bonds. The highest BCUT2D eigenvalue weighted by Crippen LogP contribution is 2.32. The van der Waals surface area contributed by atoms with Gasteiger partial charge in [-0.2, -0.15) is 9.61 Å². The van der Waals surface area contributed by atoms with Gasteiger partial charge in [0.05, 0.1) is 12.3 Å². The third-order valence-corrected chi connectivity index (χ3v) is 6.91. The molecule has 0 atom stereocenters. The molecule has 0 unspecified atom stereocenters. The first kappa shape index (κ1) is 23.9. The van der Waals surface area contributed by atoms with Crippen LogP contribution in [-0.4, -0.2) is 46.5 Å². The van der Waals surface area contributed by atoms with Gasteiger partial charge in [0.2, 0.25) is 0 Å². The van der Waals surface area contributed by atoms with E-state index < -0.39 is 0 Å². The molecule has 2 aromatic carbocycles. The molecule has 182 valence electrons. The Morgan fingerprint density at radius 3 is 2.61 bits per heavy atom. The summed E-state index contributed by atoms with van der Waals surface area (Å²) in [7, 11) is 6.10. The molecule has 0 spiro atoms. The van der Waals surface area contributed by atoms with Crippen LogP contribution >= 0.6 is 0 Å².